The maximum atomic E-state index is 15.2. The summed E-state index contributed by atoms with van der Waals surface area (Å²) in [6, 6.07) is 0. The molecule has 1 aromatic carbocycles. The topological polar surface area (TPSA) is 43.4 Å². The summed E-state index contributed by atoms with van der Waals surface area (Å²) in [5, 5.41) is 0. The van der Waals surface area contributed by atoms with Crippen molar-refractivity contribution in [2.24, 2.45) is 0 Å². The van der Waals surface area contributed by atoms with Crippen LogP contribution in [0.1, 0.15) is 207 Å². The van der Waals surface area contributed by atoms with Crippen molar-refractivity contribution in [1.29, 1.82) is 0 Å². The third-order valence-electron chi connectivity index (χ3n) is 11.0. The Balaban J connectivity index is 3.68. The van der Waals surface area contributed by atoms with Crippen LogP contribution in [0.4, 0.5) is 22.0 Å². The molecule has 0 bridgehead atoms. The van der Waals surface area contributed by atoms with E-state index in [1.165, 1.54) is 0 Å². The van der Waals surface area contributed by atoms with Crippen LogP contribution in [0.5, 0.6) is 0 Å². The standard InChI is InChI=1S/C42H76F5O3PS/c1-5-9-13-17-21-25-29-33-51(34-30-26-22-18-14-10-6-2,35-31-27-23-19-15-11-7-3,36-32-28-24-20-16-12-8-4)50-52(48,49)42-40(46)38(44)37(43)39(45)41(42)47/h5-36H2,1-4H3. The van der Waals surface area contributed by atoms with Crippen molar-refractivity contribution in [3.8, 4) is 0 Å². The number of hydrogen-bond donors (Lipinski definition) is 0. The Hall–Kier alpha value is -0.790. The summed E-state index contributed by atoms with van der Waals surface area (Å²) in [6.45, 7) is 4.84. The van der Waals surface area contributed by atoms with Gasteiger partial charge in [0.2, 0.25) is 0 Å². The van der Waals surface area contributed by atoms with Gasteiger partial charge in [-0.2, -0.15) is 0 Å². The molecule has 0 radical (unpaired) electrons. The van der Waals surface area contributed by atoms with Crippen LogP contribution in [0.2, 0.25) is 0 Å². The van der Waals surface area contributed by atoms with E-state index in [4.69, 9.17) is 3.97 Å². The van der Waals surface area contributed by atoms with Crippen molar-refractivity contribution < 1.29 is 34.3 Å². The third kappa shape index (κ3) is 17.8. The summed E-state index contributed by atoms with van der Waals surface area (Å²) in [7, 11) is -5.36. The van der Waals surface area contributed by atoms with E-state index in [0.29, 0.717) is 24.6 Å². The zero-order valence-corrected chi connectivity index (χ0v) is 35.3. The molecule has 0 aliphatic carbocycles. The van der Waals surface area contributed by atoms with Gasteiger partial charge in [0, 0.05) is 0 Å². The summed E-state index contributed by atoms with van der Waals surface area (Å²) in [5.74, 6) is -11.6. The van der Waals surface area contributed by atoms with E-state index < -0.39 is 50.9 Å². The van der Waals surface area contributed by atoms with Crippen molar-refractivity contribution in [2.45, 2.75) is 212 Å². The summed E-state index contributed by atoms with van der Waals surface area (Å²) in [5.41, 5.74) is 0. The molecule has 0 saturated heterocycles. The van der Waals surface area contributed by atoms with Crippen LogP contribution in [0, 0.1) is 29.1 Å². The number of rotatable bonds is 35. The van der Waals surface area contributed by atoms with Gasteiger partial charge < -0.3 is 0 Å². The molecule has 0 N–H and O–H groups in total. The van der Waals surface area contributed by atoms with Gasteiger partial charge in [-0.1, -0.05) is 0 Å². The fourth-order valence-corrected chi connectivity index (χ4v) is 17.6. The van der Waals surface area contributed by atoms with Crippen LogP contribution in [0.25, 0.3) is 0 Å². The van der Waals surface area contributed by atoms with E-state index in [1.54, 1.807) is 0 Å². The zero-order valence-electron chi connectivity index (χ0n) is 33.6. The van der Waals surface area contributed by atoms with Crippen LogP contribution in [-0.4, -0.2) is 33.1 Å². The van der Waals surface area contributed by atoms with E-state index in [1.807, 2.05) is 0 Å². The summed E-state index contributed by atoms with van der Waals surface area (Å²) < 4.78 is 108. The van der Waals surface area contributed by atoms with Gasteiger partial charge >= 0.3 is 317 Å². The van der Waals surface area contributed by atoms with Crippen LogP contribution in [0.15, 0.2) is 4.90 Å². The van der Waals surface area contributed by atoms with Crippen LogP contribution in [0.3, 0.4) is 0 Å². The van der Waals surface area contributed by atoms with Gasteiger partial charge in [-0.3, -0.25) is 0 Å². The Kier molecular flexibility index (Phi) is 26.3. The Morgan fingerprint density at radius 2 is 0.577 bits per heavy atom. The molecule has 308 valence electrons. The minimum atomic E-state index is -5.36. The quantitative estimate of drug-likeness (QED) is 0.0226. The maximum absolute atomic E-state index is 15.2. The van der Waals surface area contributed by atoms with Gasteiger partial charge in [0.15, 0.2) is 0 Å². The number of hydrogen-bond acceptors (Lipinski definition) is 3. The molecule has 0 aliphatic heterocycles. The molecule has 0 unspecified atom stereocenters. The fraction of sp³-hybridized carbons (Fsp3) is 0.857. The summed E-state index contributed by atoms with van der Waals surface area (Å²) in [6.07, 6.45) is 30.5. The zero-order chi connectivity index (χ0) is 38.7. The molecule has 1 aromatic rings. The second-order valence-corrected chi connectivity index (χ2v) is 23.1. The molecular weight excluding hydrogens is 710 g/mol. The Morgan fingerprint density at radius 3 is 0.827 bits per heavy atom. The molecule has 10 heteroatoms. The van der Waals surface area contributed by atoms with E-state index in [-0.39, 0.29) is 0 Å². The molecule has 0 spiro atoms. The van der Waals surface area contributed by atoms with E-state index in [2.05, 4.69) is 27.7 Å². The molecule has 0 heterocycles. The van der Waals surface area contributed by atoms with Crippen molar-refractivity contribution in [3.05, 3.63) is 29.1 Å². The first-order valence-electron chi connectivity index (χ1n) is 21.4. The number of benzene rings is 1. The fourth-order valence-electron chi connectivity index (χ4n) is 7.81. The number of halogens is 5. The first-order valence-corrected chi connectivity index (χ1v) is 25.7. The average Bonchev–Trinajstić information content (AvgIpc) is 3.11. The van der Waals surface area contributed by atoms with Crippen molar-refractivity contribution in [2.75, 3.05) is 24.6 Å². The monoisotopic (exact) mass is 787 g/mol. The predicted molar refractivity (Wildman–Crippen MR) is 213 cm³/mol. The Labute approximate surface area is 316 Å². The SMILES string of the molecule is CCCCCCCCCP(CCCCCCCCC)(CCCCCCCCC)(CCCCCCCCC)OS(=O)(=O)c1c(F)c(F)c(F)c(F)c1F. The van der Waals surface area contributed by atoms with Crippen molar-refractivity contribution >= 4 is 16.9 Å². The van der Waals surface area contributed by atoms with Gasteiger partial charge in [0.1, 0.15) is 0 Å². The first kappa shape index (κ1) is 49.2. The molecule has 3 nitrogen and oxygen atoms in total. The summed E-state index contributed by atoms with van der Waals surface area (Å²) >= 11 is 0. The second kappa shape index (κ2) is 27.7. The van der Waals surface area contributed by atoms with Gasteiger partial charge in [-0.05, 0) is 0 Å². The molecule has 0 aliphatic rings. The van der Waals surface area contributed by atoms with Gasteiger partial charge in [0.05, 0.1) is 0 Å². The van der Waals surface area contributed by atoms with Crippen molar-refractivity contribution in [1.82, 2.24) is 0 Å². The summed E-state index contributed by atoms with van der Waals surface area (Å²) in [4.78, 5) is -1.84. The molecular formula is C42H76F5O3PS. The van der Waals surface area contributed by atoms with E-state index in [9.17, 15) is 21.6 Å². The molecule has 0 amide bonds. The third-order valence-corrected chi connectivity index (χ3v) is 20.2. The molecule has 1 rings (SSSR count). The normalized spacial score (nSPS) is 13.1. The Morgan fingerprint density at radius 1 is 0.365 bits per heavy atom. The van der Waals surface area contributed by atoms with E-state index >= 15 is 8.78 Å². The average molecular weight is 787 g/mol. The number of unbranched alkanes of at least 4 members (excludes halogenated alkanes) is 24. The molecule has 0 atom stereocenters. The van der Waals surface area contributed by atoms with Crippen LogP contribution < -0.4 is 0 Å². The Bertz CT molecular complexity index is 1080. The predicted octanol–water partition coefficient (Wildman–Crippen LogP) is 15.6. The van der Waals surface area contributed by atoms with Crippen molar-refractivity contribution in [3.63, 3.8) is 0 Å². The molecule has 52 heavy (non-hydrogen) atoms. The molecule has 0 fully saturated rings. The second-order valence-electron chi connectivity index (χ2n) is 15.7. The molecule has 0 saturated carbocycles. The van der Waals surface area contributed by atoms with Gasteiger partial charge in [-0.15, -0.1) is 0 Å². The van der Waals surface area contributed by atoms with Crippen LogP contribution in [-0.2, 0) is 14.1 Å². The minimum absolute atomic E-state index is 0.496. The van der Waals surface area contributed by atoms with E-state index in [0.717, 1.165) is 180 Å². The van der Waals surface area contributed by atoms with Gasteiger partial charge in [0.25, 0.3) is 0 Å². The first-order chi connectivity index (χ1) is 24.9. The molecule has 0 aromatic heterocycles. The van der Waals surface area contributed by atoms with Crippen LogP contribution >= 0.6 is 6.83 Å². The van der Waals surface area contributed by atoms with Gasteiger partial charge in [-0.25, -0.2) is 0 Å².